The normalized spacial score (nSPS) is 11.3. The number of aromatic nitrogens is 1. The number of sulfonamides is 1. The summed E-state index contributed by atoms with van der Waals surface area (Å²) in [5.74, 6) is -1.33. The van der Waals surface area contributed by atoms with E-state index >= 15 is 0 Å². The van der Waals surface area contributed by atoms with Crippen LogP contribution in [-0.4, -0.2) is 26.7 Å². The van der Waals surface area contributed by atoms with Crippen LogP contribution >= 0.6 is 34.8 Å². The fraction of sp³-hybridized carbons (Fsp3) is 0.0588. The fourth-order valence-corrected chi connectivity index (χ4v) is 4.04. The highest BCUT2D eigenvalue weighted by Crippen LogP contribution is 2.39. The molecule has 3 rings (SSSR count). The van der Waals surface area contributed by atoms with Gasteiger partial charge in [0.2, 0.25) is 0 Å². The SMILES string of the molecule is COC(=O)c1c(-c2c(Cl)cccc2Cl)noc1NS(=O)(=O)c1ccc(Cl)cc1. The first-order chi connectivity index (χ1) is 13.2. The Hall–Kier alpha value is -2.26. The molecule has 146 valence electrons. The molecule has 11 heteroatoms. The van der Waals surface area contributed by atoms with Crippen molar-refractivity contribution in [2.75, 3.05) is 11.8 Å². The van der Waals surface area contributed by atoms with Crippen molar-refractivity contribution in [3.63, 3.8) is 0 Å². The van der Waals surface area contributed by atoms with Gasteiger partial charge in [-0.3, -0.25) is 0 Å². The van der Waals surface area contributed by atoms with Gasteiger partial charge in [0, 0.05) is 10.6 Å². The third kappa shape index (κ3) is 3.95. The van der Waals surface area contributed by atoms with Crippen molar-refractivity contribution < 1.29 is 22.5 Å². The molecule has 0 saturated heterocycles. The predicted molar refractivity (Wildman–Crippen MR) is 106 cm³/mol. The van der Waals surface area contributed by atoms with Crippen LogP contribution in [0.3, 0.4) is 0 Å². The molecule has 0 spiro atoms. The average Bonchev–Trinajstić information content (AvgIpc) is 3.03. The molecule has 0 radical (unpaired) electrons. The van der Waals surface area contributed by atoms with Crippen molar-refractivity contribution in [2.24, 2.45) is 0 Å². The molecule has 1 aromatic heterocycles. The number of hydrogen-bond acceptors (Lipinski definition) is 6. The van der Waals surface area contributed by atoms with Gasteiger partial charge in [-0.15, -0.1) is 0 Å². The molecule has 0 aliphatic carbocycles. The summed E-state index contributed by atoms with van der Waals surface area (Å²) < 4.78 is 37.2. The number of ether oxygens (including phenoxy) is 1. The minimum atomic E-state index is -4.10. The molecule has 7 nitrogen and oxygen atoms in total. The van der Waals surface area contributed by atoms with Crippen LogP contribution in [0.4, 0.5) is 5.88 Å². The van der Waals surface area contributed by atoms with Gasteiger partial charge >= 0.3 is 5.97 Å². The van der Waals surface area contributed by atoms with Gasteiger partial charge in [0.05, 0.1) is 22.1 Å². The summed E-state index contributed by atoms with van der Waals surface area (Å²) >= 11 is 18.1. The van der Waals surface area contributed by atoms with Crippen LogP contribution in [0.25, 0.3) is 11.3 Å². The quantitative estimate of drug-likeness (QED) is 0.543. The van der Waals surface area contributed by atoms with Crippen LogP contribution in [0.2, 0.25) is 15.1 Å². The number of hydrogen-bond donors (Lipinski definition) is 1. The summed E-state index contributed by atoms with van der Waals surface area (Å²) in [6, 6.07) is 10.1. The van der Waals surface area contributed by atoms with Crippen LogP contribution in [0.15, 0.2) is 51.9 Å². The molecular weight excluding hydrogens is 451 g/mol. The maximum Gasteiger partial charge on any atom is 0.345 e. The van der Waals surface area contributed by atoms with Gasteiger partial charge in [0.25, 0.3) is 15.9 Å². The Morgan fingerprint density at radius 3 is 2.25 bits per heavy atom. The van der Waals surface area contributed by atoms with Gasteiger partial charge in [-0.2, -0.15) is 0 Å². The van der Waals surface area contributed by atoms with E-state index in [0.717, 1.165) is 7.11 Å². The molecule has 1 heterocycles. The highest BCUT2D eigenvalue weighted by molar-refractivity contribution is 7.92. The van der Waals surface area contributed by atoms with Crippen molar-refractivity contribution in [2.45, 2.75) is 4.90 Å². The number of nitrogens with one attached hydrogen (secondary N) is 1. The van der Waals surface area contributed by atoms with Crippen molar-refractivity contribution in [1.29, 1.82) is 0 Å². The number of esters is 1. The zero-order valence-corrected chi connectivity index (χ0v) is 17.2. The van der Waals surface area contributed by atoms with Crippen LogP contribution in [0.5, 0.6) is 0 Å². The first-order valence-electron chi connectivity index (χ1n) is 7.55. The van der Waals surface area contributed by atoms with Crippen molar-refractivity contribution in [3.8, 4) is 11.3 Å². The van der Waals surface area contributed by atoms with E-state index in [0.29, 0.717) is 5.02 Å². The topological polar surface area (TPSA) is 98.5 Å². The number of benzene rings is 2. The van der Waals surface area contributed by atoms with E-state index in [2.05, 4.69) is 9.88 Å². The number of anilines is 1. The maximum absolute atomic E-state index is 12.6. The first-order valence-corrected chi connectivity index (χ1v) is 10.2. The fourth-order valence-electron chi connectivity index (χ4n) is 2.34. The molecule has 0 aliphatic rings. The number of rotatable bonds is 5. The van der Waals surface area contributed by atoms with E-state index in [-0.39, 0.29) is 31.8 Å². The lowest BCUT2D eigenvalue weighted by molar-refractivity contribution is 0.0602. The first kappa shape index (κ1) is 20.5. The summed E-state index contributed by atoms with van der Waals surface area (Å²) in [7, 11) is -2.97. The van der Waals surface area contributed by atoms with Gasteiger partial charge in [0.1, 0.15) is 5.69 Å². The smallest absolute Gasteiger partial charge is 0.345 e. The van der Waals surface area contributed by atoms with E-state index in [1.807, 2.05) is 0 Å². The highest BCUT2D eigenvalue weighted by atomic mass is 35.5. The zero-order chi connectivity index (χ0) is 20.5. The molecule has 0 atom stereocenters. The second kappa shape index (κ2) is 8.00. The second-order valence-corrected chi connectivity index (χ2v) is 8.32. The monoisotopic (exact) mass is 460 g/mol. The summed E-state index contributed by atoms with van der Waals surface area (Å²) in [6.07, 6.45) is 0. The Balaban J connectivity index is 2.11. The molecule has 0 unspecified atom stereocenters. The zero-order valence-electron chi connectivity index (χ0n) is 14.1. The van der Waals surface area contributed by atoms with Gasteiger partial charge in [-0.05, 0) is 36.4 Å². The minimum Gasteiger partial charge on any atom is -0.465 e. The molecule has 1 N–H and O–H groups in total. The lowest BCUT2D eigenvalue weighted by Gasteiger charge is -2.08. The molecule has 3 aromatic rings. The van der Waals surface area contributed by atoms with Crippen molar-refractivity contribution in [1.82, 2.24) is 5.16 Å². The third-order valence-electron chi connectivity index (χ3n) is 3.63. The molecule has 0 bridgehead atoms. The molecule has 0 fully saturated rings. The van der Waals surface area contributed by atoms with Gasteiger partial charge in [-0.25, -0.2) is 17.9 Å². The van der Waals surface area contributed by atoms with E-state index in [1.54, 1.807) is 6.07 Å². The Labute approximate surface area is 175 Å². The lowest BCUT2D eigenvalue weighted by Crippen LogP contribution is -2.15. The second-order valence-electron chi connectivity index (χ2n) is 5.38. The van der Waals surface area contributed by atoms with E-state index in [4.69, 9.17) is 44.1 Å². The predicted octanol–water partition coefficient (Wildman–Crippen LogP) is 4.89. The van der Waals surface area contributed by atoms with Crippen LogP contribution in [0.1, 0.15) is 10.4 Å². The van der Waals surface area contributed by atoms with Gasteiger partial charge < -0.3 is 9.26 Å². The Morgan fingerprint density at radius 2 is 1.68 bits per heavy atom. The summed E-state index contributed by atoms with van der Waals surface area (Å²) in [5, 5.41) is 4.53. The molecule has 28 heavy (non-hydrogen) atoms. The minimum absolute atomic E-state index is 0.0590. The van der Waals surface area contributed by atoms with Crippen molar-refractivity contribution in [3.05, 3.63) is 63.1 Å². The maximum atomic E-state index is 12.6. The average molecular weight is 462 g/mol. The molecular formula is C17H11Cl3N2O5S. The Morgan fingerprint density at radius 1 is 1.07 bits per heavy atom. The number of methoxy groups -OCH3 is 1. The Kier molecular flexibility index (Phi) is 5.85. The third-order valence-corrected chi connectivity index (χ3v) is 5.86. The summed E-state index contributed by atoms with van der Waals surface area (Å²) in [6.45, 7) is 0. The Bertz CT molecular complexity index is 1120. The molecule has 0 aliphatic heterocycles. The molecule has 0 amide bonds. The van der Waals surface area contributed by atoms with Crippen LogP contribution in [-0.2, 0) is 14.8 Å². The number of nitrogens with zero attached hydrogens (tertiary/aromatic N) is 1. The molecule has 0 saturated carbocycles. The standard InChI is InChI=1S/C17H11Cl3N2O5S/c1-26-17(23)14-15(13-11(19)3-2-4-12(13)20)21-27-16(14)22-28(24,25)10-7-5-9(18)6-8-10/h2-8,22H,1H3. The largest absolute Gasteiger partial charge is 0.465 e. The summed E-state index contributed by atoms with van der Waals surface area (Å²) in [5.41, 5.74) is -0.127. The van der Waals surface area contributed by atoms with Crippen LogP contribution in [0, 0.1) is 0 Å². The van der Waals surface area contributed by atoms with Crippen LogP contribution < -0.4 is 4.72 Å². The van der Waals surface area contributed by atoms with E-state index in [9.17, 15) is 13.2 Å². The molecule has 2 aromatic carbocycles. The number of carbonyl (C=O) groups is 1. The van der Waals surface area contributed by atoms with Gasteiger partial charge in [0.15, 0.2) is 5.56 Å². The highest BCUT2D eigenvalue weighted by Gasteiger charge is 2.30. The van der Waals surface area contributed by atoms with Crippen molar-refractivity contribution >= 4 is 56.7 Å². The number of carbonyl (C=O) groups excluding carboxylic acids is 1. The summed E-state index contributed by atoms with van der Waals surface area (Å²) in [4.78, 5) is 12.2. The van der Waals surface area contributed by atoms with E-state index < -0.39 is 21.9 Å². The lowest BCUT2D eigenvalue weighted by atomic mass is 10.1. The van der Waals surface area contributed by atoms with Gasteiger partial charge in [-0.1, -0.05) is 46.0 Å². The van der Waals surface area contributed by atoms with E-state index in [1.165, 1.54) is 36.4 Å². The number of halogens is 3.